The molecule has 1 N–H and O–H groups in total. The molecule has 2 rings (SSSR count). The molecular formula is C17H27N. The summed E-state index contributed by atoms with van der Waals surface area (Å²) in [5.41, 5.74) is 2.91. The Kier molecular flexibility index (Phi) is 5.25. The number of hydrogen-bond donors (Lipinski definition) is 1. The number of aryl methyl sites for hydroxylation is 1. The summed E-state index contributed by atoms with van der Waals surface area (Å²) in [5.74, 6) is 0.824. The van der Waals surface area contributed by atoms with Gasteiger partial charge in [0.25, 0.3) is 0 Å². The number of benzene rings is 1. The molecular weight excluding hydrogens is 218 g/mol. The van der Waals surface area contributed by atoms with Crippen LogP contribution in [-0.2, 0) is 6.42 Å². The molecule has 0 aliphatic heterocycles. The summed E-state index contributed by atoms with van der Waals surface area (Å²) in [6.07, 6.45) is 9.60. The van der Waals surface area contributed by atoms with Crippen LogP contribution < -0.4 is 5.32 Å². The maximum absolute atomic E-state index is 3.55. The molecule has 1 aromatic rings. The first-order valence-corrected chi connectivity index (χ1v) is 7.61. The smallest absolute Gasteiger partial charge is 0.0346 e. The van der Waals surface area contributed by atoms with Crippen molar-refractivity contribution in [1.29, 1.82) is 0 Å². The average molecular weight is 245 g/mol. The molecule has 18 heavy (non-hydrogen) atoms. The number of nitrogens with one attached hydrogen (secondary N) is 1. The van der Waals surface area contributed by atoms with E-state index in [4.69, 9.17) is 0 Å². The van der Waals surface area contributed by atoms with Crippen molar-refractivity contribution >= 4 is 0 Å². The lowest BCUT2D eigenvalue weighted by molar-refractivity contribution is 0.341. The van der Waals surface area contributed by atoms with Crippen LogP contribution in [0.2, 0.25) is 0 Å². The minimum Gasteiger partial charge on any atom is -0.313 e. The number of rotatable bonds is 4. The van der Waals surface area contributed by atoms with Crippen LogP contribution in [0.1, 0.15) is 62.6 Å². The van der Waals surface area contributed by atoms with E-state index in [0.29, 0.717) is 6.04 Å². The van der Waals surface area contributed by atoms with E-state index in [1.54, 1.807) is 0 Å². The van der Waals surface area contributed by atoms with Crippen molar-refractivity contribution in [3.8, 4) is 0 Å². The first-order valence-electron chi connectivity index (χ1n) is 7.61. The van der Waals surface area contributed by atoms with Crippen LogP contribution in [0, 0.1) is 5.92 Å². The Morgan fingerprint density at radius 3 is 2.17 bits per heavy atom. The van der Waals surface area contributed by atoms with Crippen molar-refractivity contribution in [2.75, 3.05) is 7.05 Å². The van der Waals surface area contributed by atoms with Gasteiger partial charge in [-0.15, -0.1) is 0 Å². The van der Waals surface area contributed by atoms with E-state index in [1.807, 2.05) is 0 Å². The van der Waals surface area contributed by atoms with Gasteiger partial charge in [0.05, 0.1) is 0 Å². The third kappa shape index (κ3) is 3.35. The Hall–Kier alpha value is -0.820. The number of hydrogen-bond acceptors (Lipinski definition) is 1. The fourth-order valence-corrected chi connectivity index (χ4v) is 3.28. The highest BCUT2D eigenvalue weighted by atomic mass is 14.9. The maximum atomic E-state index is 3.55. The fraction of sp³-hybridized carbons (Fsp3) is 0.647. The van der Waals surface area contributed by atoms with E-state index in [2.05, 4.69) is 43.6 Å². The lowest BCUT2D eigenvalue weighted by atomic mass is 9.87. The highest BCUT2D eigenvalue weighted by molar-refractivity contribution is 5.25. The van der Waals surface area contributed by atoms with Crippen LogP contribution in [-0.4, -0.2) is 7.05 Å². The van der Waals surface area contributed by atoms with Gasteiger partial charge in [0.2, 0.25) is 0 Å². The van der Waals surface area contributed by atoms with Gasteiger partial charge >= 0.3 is 0 Å². The molecule has 0 aromatic heterocycles. The molecule has 100 valence electrons. The molecule has 0 saturated heterocycles. The van der Waals surface area contributed by atoms with Crippen molar-refractivity contribution in [3.63, 3.8) is 0 Å². The highest BCUT2D eigenvalue weighted by Crippen LogP contribution is 2.33. The molecule has 1 heteroatoms. The van der Waals surface area contributed by atoms with Crippen LogP contribution in [0.5, 0.6) is 0 Å². The maximum Gasteiger partial charge on any atom is 0.0346 e. The molecule has 0 spiro atoms. The van der Waals surface area contributed by atoms with Gasteiger partial charge in [0.15, 0.2) is 0 Å². The van der Waals surface area contributed by atoms with E-state index in [-0.39, 0.29) is 0 Å². The molecule has 0 bridgehead atoms. The standard InChI is InChI=1S/C17H27N/c1-3-14-10-12-16(13-11-14)17(18-2)15-8-6-4-5-7-9-15/h10-13,15,17-18H,3-9H2,1-2H3. The minimum atomic E-state index is 0.550. The molecule has 1 aliphatic rings. The summed E-state index contributed by atoms with van der Waals surface area (Å²) in [6.45, 7) is 2.22. The van der Waals surface area contributed by atoms with E-state index in [9.17, 15) is 0 Å². The van der Waals surface area contributed by atoms with Gasteiger partial charge in [0, 0.05) is 6.04 Å². The minimum absolute atomic E-state index is 0.550. The van der Waals surface area contributed by atoms with Gasteiger partial charge < -0.3 is 5.32 Å². The summed E-state index contributed by atoms with van der Waals surface area (Å²) in [6, 6.07) is 9.77. The second-order valence-corrected chi connectivity index (χ2v) is 5.61. The zero-order valence-electron chi connectivity index (χ0n) is 11.9. The molecule has 1 fully saturated rings. The van der Waals surface area contributed by atoms with Crippen molar-refractivity contribution in [2.45, 2.75) is 57.9 Å². The lowest BCUT2D eigenvalue weighted by Crippen LogP contribution is -2.25. The van der Waals surface area contributed by atoms with Crippen LogP contribution in [0.4, 0.5) is 0 Å². The molecule has 1 unspecified atom stereocenters. The zero-order valence-corrected chi connectivity index (χ0v) is 11.9. The predicted molar refractivity (Wildman–Crippen MR) is 78.8 cm³/mol. The summed E-state index contributed by atoms with van der Waals surface area (Å²) in [4.78, 5) is 0. The molecule has 1 saturated carbocycles. The molecule has 1 aliphatic carbocycles. The summed E-state index contributed by atoms with van der Waals surface area (Å²) in [5, 5.41) is 3.55. The Bertz CT molecular complexity index is 333. The molecule has 0 amide bonds. The third-order valence-corrected chi connectivity index (χ3v) is 4.43. The van der Waals surface area contributed by atoms with Crippen LogP contribution in [0.3, 0.4) is 0 Å². The van der Waals surface area contributed by atoms with E-state index in [1.165, 1.54) is 49.7 Å². The molecule has 1 nitrogen and oxygen atoms in total. The van der Waals surface area contributed by atoms with Crippen molar-refractivity contribution in [2.24, 2.45) is 5.92 Å². The fourth-order valence-electron chi connectivity index (χ4n) is 3.28. The zero-order chi connectivity index (χ0) is 12.8. The van der Waals surface area contributed by atoms with Gasteiger partial charge in [0.1, 0.15) is 0 Å². The predicted octanol–water partition coefficient (Wildman–Crippen LogP) is 4.48. The van der Waals surface area contributed by atoms with Crippen molar-refractivity contribution in [1.82, 2.24) is 5.32 Å². The summed E-state index contributed by atoms with van der Waals surface area (Å²) in [7, 11) is 2.11. The largest absolute Gasteiger partial charge is 0.313 e. The summed E-state index contributed by atoms with van der Waals surface area (Å²) >= 11 is 0. The van der Waals surface area contributed by atoms with Crippen molar-refractivity contribution in [3.05, 3.63) is 35.4 Å². The second kappa shape index (κ2) is 6.94. The Morgan fingerprint density at radius 1 is 1.06 bits per heavy atom. The molecule has 0 radical (unpaired) electrons. The topological polar surface area (TPSA) is 12.0 Å². The van der Waals surface area contributed by atoms with E-state index < -0.39 is 0 Å². The Morgan fingerprint density at radius 2 is 1.67 bits per heavy atom. The van der Waals surface area contributed by atoms with Crippen LogP contribution in [0.15, 0.2) is 24.3 Å². The third-order valence-electron chi connectivity index (χ3n) is 4.43. The SMILES string of the molecule is CCc1ccc(C(NC)C2CCCCCC2)cc1. The van der Waals surface area contributed by atoms with Gasteiger partial charge in [-0.2, -0.15) is 0 Å². The quantitative estimate of drug-likeness (QED) is 0.771. The van der Waals surface area contributed by atoms with Gasteiger partial charge in [-0.05, 0) is 43.4 Å². The molecule has 1 atom stereocenters. The van der Waals surface area contributed by atoms with Gasteiger partial charge in [-0.3, -0.25) is 0 Å². The van der Waals surface area contributed by atoms with Crippen LogP contribution >= 0.6 is 0 Å². The Labute approximate surface area is 112 Å². The molecule has 1 aromatic carbocycles. The average Bonchev–Trinajstić information content (AvgIpc) is 2.70. The van der Waals surface area contributed by atoms with E-state index in [0.717, 1.165) is 12.3 Å². The van der Waals surface area contributed by atoms with Crippen molar-refractivity contribution < 1.29 is 0 Å². The van der Waals surface area contributed by atoms with E-state index >= 15 is 0 Å². The normalized spacial score (nSPS) is 19.4. The monoisotopic (exact) mass is 245 g/mol. The van der Waals surface area contributed by atoms with Crippen LogP contribution in [0.25, 0.3) is 0 Å². The second-order valence-electron chi connectivity index (χ2n) is 5.61. The first-order chi connectivity index (χ1) is 8.85. The summed E-state index contributed by atoms with van der Waals surface area (Å²) < 4.78 is 0. The lowest BCUT2D eigenvalue weighted by Gasteiger charge is -2.26. The molecule has 0 heterocycles. The van der Waals surface area contributed by atoms with Gasteiger partial charge in [-0.1, -0.05) is 56.9 Å². The highest BCUT2D eigenvalue weighted by Gasteiger charge is 2.22. The van der Waals surface area contributed by atoms with Gasteiger partial charge in [-0.25, -0.2) is 0 Å². The Balaban J connectivity index is 2.10. The first kappa shape index (κ1) is 13.6.